The van der Waals surface area contributed by atoms with Gasteiger partial charge in [0.25, 0.3) is 0 Å². The molecule has 0 amide bonds. The first-order valence-electron chi connectivity index (χ1n) is 8.21. The third-order valence-corrected chi connectivity index (χ3v) is 5.58. The molecule has 0 saturated carbocycles. The number of esters is 1. The quantitative estimate of drug-likeness (QED) is 0.278. The molecule has 10 heteroatoms. The summed E-state index contributed by atoms with van der Waals surface area (Å²) in [4.78, 5) is 24.4. The number of hydrogen-bond donors (Lipinski definition) is 0. The Balaban J connectivity index is 2.26. The number of imidazole rings is 1. The molecule has 26 heavy (non-hydrogen) atoms. The molecule has 0 aromatic carbocycles. The molecule has 0 atom stereocenters. The van der Waals surface area contributed by atoms with Crippen LogP contribution in [0.3, 0.4) is 0 Å². The highest BCUT2D eigenvalue weighted by molar-refractivity contribution is 6.76. The molecule has 0 aliphatic carbocycles. The molecule has 0 unspecified atom stereocenters. The molecule has 0 fully saturated rings. The highest BCUT2D eigenvalue weighted by Crippen LogP contribution is 2.26. The normalized spacial score (nSPS) is 11.6. The Labute approximate surface area is 163 Å². The lowest BCUT2D eigenvalue weighted by Crippen LogP contribution is -2.22. The number of hydrogen-bond acceptors (Lipinski definition) is 6. The molecule has 0 aliphatic rings. The Kier molecular flexibility index (Phi) is 7.16. The van der Waals surface area contributed by atoms with Crippen molar-refractivity contribution in [3.8, 4) is 11.4 Å². The van der Waals surface area contributed by atoms with Gasteiger partial charge in [0.15, 0.2) is 0 Å². The van der Waals surface area contributed by atoms with E-state index in [1.165, 1.54) is 6.20 Å². The zero-order valence-corrected chi connectivity index (χ0v) is 17.8. The van der Waals surface area contributed by atoms with Gasteiger partial charge in [0, 0.05) is 20.9 Å². The van der Waals surface area contributed by atoms with Gasteiger partial charge in [-0.3, -0.25) is 0 Å². The second-order valence-electron chi connectivity index (χ2n) is 6.82. The van der Waals surface area contributed by atoms with Gasteiger partial charge in [0.05, 0.1) is 17.8 Å². The minimum absolute atomic E-state index is 0.0445. The van der Waals surface area contributed by atoms with Crippen molar-refractivity contribution < 1.29 is 14.3 Å². The fourth-order valence-corrected chi connectivity index (χ4v) is 3.13. The van der Waals surface area contributed by atoms with Crippen LogP contribution in [0.1, 0.15) is 17.5 Å². The molecule has 0 spiro atoms. The van der Waals surface area contributed by atoms with Crippen molar-refractivity contribution in [3.05, 3.63) is 28.5 Å². The molecular weight excluding hydrogens is 395 g/mol. The highest BCUT2D eigenvalue weighted by Gasteiger charge is 2.20. The first-order valence-corrected chi connectivity index (χ1v) is 12.7. The van der Waals surface area contributed by atoms with Crippen LogP contribution in [-0.4, -0.2) is 46.8 Å². The van der Waals surface area contributed by atoms with Crippen LogP contribution >= 0.6 is 23.2 Å². The second-order valence-corrected chi connectivity index (χ2v) is 13.2. The topological polar surface area (TPSA) is 79.1 Å². The molecule has 0 aliphatic heterocycles. The fourth-order valence-electron chi connectivity index (χ4n) is 2.05. The molecule has 142 valence electrons. The summed E-state index contributed by atoms with van der Waals surface area (Å²) in [7, 11) is -1.20. The van der Waals surface area contributed by atoms with Gasteiger partial charge in [0.1, 0.15) is 18.1 Å². The SMILES string of the molecule is CCOC(=O)c1nc(-c2nc(Cl)ncc2Cl)cn1COCC[Si](C)(C)C. The molecule has 0 saturated heterocycles. The smallest absolute Gasteiger partial charge is 0.374 e. The Morgan fingerprint density at radius 1 is 1.27 bits per heavy atom. The summed E-state index contributed by atoms with van der Waals surface area (Å²) < 4.78 is 12.4. The van der Waals surface area contributed by atoms with E-state index in [1.54, 1.807) is 17.7 Å². The number of carbonyl (C=O) groups is 1. The Morgan fingerprint density at radius 2 is 2.00 bits per heavy atom. The van der Waals surface area contributed by atoms with Crippen LogP contribution in [0.5, 0.6) is 0 Å². The van der Waals surface area contributed by atoms with Crippen molar-refractivity contribution in [2.24, 2.45) is 0 Å². The molecule has 2 heterocycles. The van der Waals surface area contributed by atoms with E-state index in [0.717, 1.165) is 6.04 Å². The minimum atomic E-state index is -1.20. The van der Waals surface area contributed by atoms with Gasteiger partial charge in [-0.2, -0.15) is 0 Å². The van der Waals surface area contributed by atoms with E-state index < -0.39 is 14.0 Å². The van der Waals surface area contributed by atoms with Crippen LogP contribution in [0.2, 0.25) is 36.0 Å². The van der Waals surface area contributed by atoms with E-state index in [0.29, 0.717) is 18.0 Å². The molecule has 2 aromatic heterocycles. The summed E-state index contributed by atoms with van der Waals surface area (Å²) in [6.45, 7) is 9.60. The van der Waals surface area contributed by atoms with Crippen molar-refractivity contribution in [1.82, 2.24) is 19.5 Å². The van der Waals surface area contributed by atoms with E-state index in [2.05, 4.69) is 34.6 Å². The standard InChI is InChI=1S/C16H22Cl2N4O3Si/c1-5-25-15(23)14-20-12(13-11(17)8-19-16(18)21-13)9-22(14)10-24-6-7-26(2,3)4/h8-9H,5-7,10H2,1-4H3. The Bertz CT molecular complexity index is 777. The zero-order valence-electron chi connectivity index (χ0n) is 15.3. The van der Waals surface area contributed by atoms with Gasteiger partial charge in [0.2, 0.25) is 11.1 Å². The van der Waals surface area contributed by atoms with Crippen molar-refractivity contribution >= 4 is 37.2 Å². The maximum Gasteiger partial charge on any atom is 0.374 e. The first-order chi connectivity index (χ1) is 12.2. The van der Waals surface area contributed by atoms with E-state index in [4.69, 9.17) is 32.7 Å². The summed E-state index contributed by atoms with van der Waals surface area (Å²) in [5.41, 5.74) is 0.745. The maximum absolute atomic E-state index is 12.2. The van der Waals surface area contributed by atoms with Gasteiger partial charge < -0.3 is 14.0 Å². The van der Waals surface area contributed by atoms with Crippen molar-refractivity contribution in [2.45, 2.75) is 39.3 Å². The van der Waals surface area contributed by atoms with Crippen LogP contribution in [0.4, 0.5) is 0 Å². The average Bonchev–Trinajstić information content (AvgIpc) is 2.97. The summed E-state index contributed by atoms with van der Waals surface area (Å²) in [5, 5.41) is 0.331. The third kappa shape index (κ3) is 5.77. The van der Waals surface area contributed by atoms with Crippen LogP contribution < -0.4 is 0 Å². The molecular formula is C16H22Cl2N4O3Si. The van der Waals surface area contributed by atoms with Gasteiger partial charge >= 0.3 is 5.97 Å². The van der Waals surface area contributed by atoms with Crippen molar-refractivity contribution in [1.29, 1.82) is 0 Å². The summed E-state index contributed by atoms with van der Waals surface area (Å²) in [6.07, 6.45) is 3.03. The predicted molar refractivity (Wildman–Crippen MR) is 103 cm³/mol. The Hall–Kier alpha value is -1.48. The van der Waals surface area contributed by atoms with Gasteiger partial charge in [-0.1, -0.05) is 31.2 Å². The van der Waals surface area contributed by atoms with Crippen LogP contribution in [0.15, 0.2) is 12.4 Å². The zero-order chi connectivity index (χ0) is 19.3. The van der Waals surface area contributed by atoms with E-state index in [1.807, 2.05) is 0 Å². The minimum Gasteiger partial charge on any atom is -0.460 e. The monoisotopic (exact) mass is 416 g/mol. The number of carbonyl (C=O) groups excluding carboxylic acids is 1. The molecule has 7 nitrogen and oxygen atoms in total. The van der Waals surface area contributed by atoms with Crippen molar-refractivity contribution in [2.75, 3.05) is 13.2 Å². The lowest BCUT2D eigenvalue weighted by Gasteiger charge is -2.15. The van der Waals surface area contributed by atoms with Gasteiger partial charge in [-0.25, -0.2) is 19.7 Å². The lowest BCUT2D eigenvalue weighted by molar-refractivity contribution is 0.0464. The summed E-state index contributed by atoms with van der Waals surface area (Å²) in [5.74, 6) is -0.413. The van der Waals surface area contributed by atoms with Crippen LogP contribution in [-0.2, 0) is 16.2 Å². The summed E-state index contributed by atoms with van der Waals surface area (Å²) in [6, 6.07) is 1.02. The summed E-state index contributed by atoms with van der Waals surface area (Å²) >= 11 is 12.0. The number of nitrogens with zero attached hydrogens (tertiary/aromatic N) is 4. The van der Waals surface area contributed by atoms with Crippen molar-refractivity contribution in [3.63, 3.8) is 0 Å². The van der Waals surface area contributed by atoms with Gasteiger partial charge in [-0.05, 0) is 24.6 Å². The van der Waals surface area contributed by atoms with E-state index >= 15 is 0 Å². The molecule has 0 bridgehead atoms. The fraction of sp³-hybridized carbons (Fsp3) is 0.500. The molecule has 0 N–H and O–H groups in total. The Morgan fingerprint density at radius 3 is 2.65 bits per heavy atom. The van der Waals surface area contributed by atoms with E-state index in [9.17, 15) is 4.79 Å². The molecule has 2 rings (SSSR count). The average molecular weight is 417 g/mol. The third-order valence-electron chi connectivity index (χ3n) is 3.42. The first kappa shape index (κ1) is 20.8. The van der Waals surface area contributed by atoms with Gasteiger partial charge in [-0.15, -0.1) is 0 Å². The lowest BCUT2D eigenvalue weighted by atomic mass is 10.3. The van der Waals surface area contributed by atoms with E-state index in [-0.39, 0.29) is 29.5 Å². The number of halogens is 2. The highest BCUT2D eigenvalue weighted by atomic mass is 35.5. The second kappa shape index (κ2) is 8.94. The largest absolute Gasteiger partial charge is 0.460 e. The number of aromatic nitrogens is 4. The van der Waals surface area contributed by atoms with Crippen LogP contribution in [0.25, 0.3) is 11.4 Å². The van der Waals surface area contributed by atoms with Crippen LogP contribution in [0, 0.1) is 0 Å². The molecule has 2 aromatic rings. The number of ether oxygens (including phenoxy) is 2. The predicted octanol–water partition coefficient (Wildman–Crippen LogP) is 4.14. The molecule has 0 radical (unpaired) electrons. The maximum atomic E-state index is 12.2. The number of rotatable bonds is 8.